The van der Waals surface area contributed by atoms with Crippen molar-refractivity contribution in [3.05, 3.63) is 89.8 Å². The molecule has 0 bridgehead atoms. The van der Waals surface area contributed by atoms with Crippen LogP contribution < -0.4 is 0 Å². The molecule has 0 aliphatic rings. The fraction of sp³-hybridized carbons (Fsp3) is 0.0870. The summed E-state index contributed by atoms with van der Waals surface area (Å²) in [5.74, 6) is 0.433. The van der Waals surface area contributed by atoms with E-state index in [1.54, 1.807) is 24.3 Å². The van der Waals surface area contributed by atoms with Crippen LogP contribution in [0.15, 0.2) is 77.3 Å². The summed E-state index contributed by atoms with van der Waals surface area (Å²) >= 11 is 0. The van der Waals surface area contributed by atoms with E-state index < -0.39 is 5.97 Å². The van der Waals surface area contributed by atoms with Crippen molar-refractivity contribution >= 4 is 5.97 Å². The predicted octanol–water partition coefficient (Wildman–Crippen LogP) is 4.77. The van der Waals surface area contributed by atoms with Gasteiger partial charge in [0.05, 0.1) is 5.56 Å². The van der Waals surface area contributed by atoms with E-state index in [0.717, 1.165) is 22.3 Å². The molecule has 0 saturated carbocycles. The quantitative estimate of drug-likeness (QED) is 0.497. The fourth-order valence-corrected chi connectivity index (χ4v) is 2.91. The van der Waals surface area contributed by atoms with Gasteiger partial charge in [-0.25, -0.2) is 4.79 Å². The van der Waals surface area contributed by atoms with Gasteiger partial charge in [0, 0.05) is 5.56 Å². The van der Waals surface area contributed by atoms with E-state index >= 15 is 0 Å². The number of hydrogen-bond acceptors (Lipinski definition) is 6. The van der Waals surface area contributed by atoms with Gasteiger partial charge < -0.3 is 14.4 Å². The molecular formula is C23H18N2O4. The molecule has 0 spiro atoms. The molecule has 0 unspecified atom stereocenters. The van der Waals surface area contributed by atoms with Crippen molar-refractivity contribution < 1.29 is 19.2 Å². The van der Waals surface area contributed by atoms with Crippen molar-refractivity contribution in [2.75, 3.05) is 0 Å². The van der Waals surface area contributed by atoms with Crippen LogP contribution in [0.4, 0.5) is 0 Å². The van der Waals surface area contributed by atoms with Crippen LogP contribution in [0.25, 0.3) is 22.5 Å². The molecule has 0 aliphatic heterocycles. The monoisotopic (exact) mass is 386 g/mol. The maximum absolute atomic E-state index is 12.3. The van der Waals surface area contributed by atoms with Crippen LogP contribution in [0.2, 0.25) is 0 Å². The van der Waals surface area contributed by atoms with Gasteiger partial charge in [-0.15, -0.1) is 0 Å². The predicted molar refractivity (Wildman–Crippen MR) is 107 cm³/mol. The summed E-state index contributed by atoms with van der Waals surface area (Å²) in [6.07, 6.45) is 0. The molecule has 0 radical (unpaired) electrons. The molecule has 29 heavy (non-hydrogen) atoms. The van der Waals surface area contributed by atoms with E-state index in [9.17, 15) is 9.90 Å². The minimum Gasteiger partial charge on any atom is -0.508 e. The second-order valence-corrected chi connectivity index (χ2v) is 6.53. The summed E-state index contributed by atoms with van der Waals surface area (Å²) in [6, 6.07) is 21.6. The third kappa shape index (κ3) is 4.16. The number of rotatable bonds is 5. The number of phenols is 1. The van der Waals surface area contributed by atoms with Crippen LogP contribution in [0, 0.1) is 6.92 Å². The number of hydrogen-bond donors (Lipinski definition) is 1. The summed E-state index contributed by atoms with van der Waals surface area (Å²) in [7, 11) is 0. The van der Waals surface area contributed by atoms with E-state index in [-0.39, 0.29) is 18.2 Å². The Balaban J connectivity index is 1.40. The molecular weight excluding hydrogens is 368 g/mol. The van der Waals surface area contributed by atoms with Gasteiger partial charge in [-0.05, 0) is 47.9 Å². The molecule has 1 heterocycles. The normalized spacial score (nSPS) is 10.7. The van der Waals surface area contributed by atoms with Gasteiger partial charge >= 0.3 is 5.97 Å². The first kappa shape index (κ1) is 18.4. The number of aryl methyl sites for hydroxylation is 1. The smallest absolute Gasteiger partial charge is 0.338 e. The largest absolute Gasteiger partial charge is 0.508 e. The molecule has 144 valence electrons. The van der Waals surface area contributed by atoms with Crippen LogP contribution in [0.3, 0.4) is 0 Å². The molecule has 6 heteroatoms. The van der Waals surface area contributed by atoms with Crippen molar-refractivity contribution in [3.8, 4) is 28.3 Å². The van der Waals surface area contributed by atoms with Gasteiger partial charge in [-0.1, -0.05) is 53.7 Å². The minimum atomic E-state index is -0.474. The molecule has 0 saturated heterocycles. The first-order chi connectivity index (χ1) is 14.1. The molecule has 3 aromatic carbocycles. The highest BCUT2D eigenvalue weighted by atomic mass is 16.6. The number of esters is 1. The lowest BCUT2D eigenvalue weighted by atomic mass is 10.0. The Kier molecular flexibility index (Phi) is 5.07. The summed E-state index contributed by atoms with van der Waals surface area (Å²) in [5, 5.41) is 13.3. The van der Waals surface area contributed by atoms with Crippen LogP contribution in [-0.2, 0) is 11.3 Å². The van der Waals surface area contributed by atoms with Gasteiger partial charge in [-0.3, -0.25) is 0 Å². The molecule has 1 aromatic heterocycles. The van der Waals surface area contributed by atoms with E-state index in [1.807, 2.05) is 55.5 Å². The lowest BCUT2D eigenvalue weighted by Gasteiger charge is -2.05. The number of phenolic OH excluding ortho intramolecular Hbond substituents is 1. The SMILES string of the molecule is Cc1ccccc1-c1noc(COC(=O)c2ccc(-c3ccc(O)cc3)cc2)n1. The molecule has 4 aromatic rings. The number of aromatic nitrogens is 2. The van der Waals surface area contributed by atoms with Crippen LogP contribution in [0.5, 0.6) is 5.75 Å². The van der Waals surface area contributed by atoms with E-state index in [0.29, 0.717) is 11.4 Å². The van der Waals surface area contributed by atoms with Crippen LogP contribution >= 0.6 is 0 Å². The number of ether oxygens (including phenoxy) is 1. The van der Waals surface area contributed by atoms with Gasteiger partial charge in [0.1, 0.15) is 5.75 Å². The number of benzene rings is 3. The Labute approximate surface area is 167 Å². The molecule has 0 amide bonds. The molecule has 0 fully saturated rings. The van der Waals surface area contributed by atoms with Crippen LogP contribution in [-0.4, -0.2) is 21.2 Å². The van der Waals surface area contributed by atoms with Crippen molar-refractivity contribution in [2.24, 2.45) is 0 Å². The summed E-state index contributed by atoms with van der Waals surface area (Å²) < 4.78 is 10.5. The first-order valence-corrected chi connectivity index (χ1v) is 9.05. The van der Waals surface area contributed by atoms with E-state index in [1.165, 1.54) is 0 Å². The third-order valence-corrected chi connectivity index (χ3v) is 4.50. The number of carbonyl (C=O) groups excluding carboxylic acids is 1. The third-order valence-electron chi connectivity index (χ3n) is 4.50. The summed E-state index contributed by atoms with van der Waals surface area (Å²) in [4.78, 5) is 16.6. The van der Waals surface area contributed by atoms with Gasteiger partial charge in [-0.2, -0.15) is 4.98 Å². The van der Waals surface area contributed by atoms with Gasteiger partial charge in [0.25, 0.3) is 5.89 Å². The molecule has 0 atom stereocenters. The molecule has 1 N–H and O–H groups in total. The van der Waals surface area contributed by atoms with Crippen molar-refractivity contribution in [1.82, 2.24) is 10.1 Å². The standard InChI is InChI=1S/C23H18N2O4/c1-15-4-2-3-5-20(15)22-24-21(29-25-22)14-28-23(27)18-8-6-16(7-9-18)17-10-12-19(26)13-11-17/h2-13,26H,14H2,1H3. The highest BCUT2D eigenvalue weighted by Gasteiger charge is 2.13. The zero-order valence-corrected chi connectivity index (χ0v) is 15.7. The number of nitrogens with zero attached hydrogens (tertiary/aromatic N) is 2. The fourth-order valence-electron chi connectivity index (χ4n) is 2.91. The Morgan fingerprint density at radius 3 is 2.31 bits per heavy atom. The van der Waals surface area contributed by atoms with E-state index in [2.05, 4.69) is 10.1 Å². The maximum atomic E-state index is 12.3. The highest BCUT2D eigenvalue weighted by molar-refractivity contribution is 5.90. The van der Waals surface area contributed by atoms with Gasteiger partial charge in [0.15, 0.2) is 6.61 Å². The van der Waals surface area contributed by atoms with Crippen molar-refractivity contribution in [2.45, 2.75) is 13.5 Å². The Hall–Kier alpha value is -3.93. The average molecular weight is 386 g/mol. The minimum absolute atomic E-state index is 0.0998. The van der Waals surface area contributed by atoms with Crippen molar-refractivity contribution in [1.29, 1.82) is 0 Å². The highest BCUT2D eigenvalue weighted by Crippen LogP contribution is 2.23. The number of carbonyl (C=O) groups is 1. The first-order valence-electron chi connectivity index (χ1n) is 9.05. The zero-order chi connectivity index (χ0) is 20.2. The molecule has 6 nitrogen and oxygen atoms in total. The van der Waals surface area contributed by atoms with Crippen molar-refractivity contribution in [3.63, 3.8) is 0 Å². The average Bonchev–Trinajstić information content (AvgIpc) is 3.22. The lowest BCUT2D eigenvalue weighted by Crippen LogP contribution is -2.05. The lowest BCUT2D eigenvalue weighted by molar-refractivity contribution is 0.0430. The molecule has 4 rings (SSSR count). The summed E-state index contributed by atoms with van der Waals surface area (Å²) in [6.45, 7) is 1.87. The Morgan fingerprint density at radius 1 is 0.966 bits per heavy atom. The van der Waals surface area contributed by atoms with E-state index in [4.69, 9.17) is 9.26 Å². The Bertz CT molecular complexity index is 1130. The molecule has 0 aliphatic carbocycles. The second kappa shape index (κ2) is 7.98. The van der Waals surface area contributed by atoms with Crippen LogP contribution in [0.1, 0.15) is 21.8 Å². The zero-order valence-electron chi connectivity index (χ0n) is 15.7. The number of aromatic hydroxyl groups is 1. The maximum Gasteiger partial charge on any atom is 0.338 e. The second-order valence-electron chi connectivity index (χ2n) is 6.53. The summed E-state index contributed by atoms with van der Waals surface area (Å²) in [5.41, 5.74) is 4.20. The Morgan fingerprint density at radius 2 is 1.62 bits per heavy atom. The van der Waals surface area contributed by atoms with Gasteiger partial charge in [0.2, 0.25) is 5.82 Å². The topological polar surface area (TPSA) is 85.5 Å².